The van der Waals surface area contributed by atoms with Crippen LogP contribution in [0, 0.1) is 5.82 Å². The van der Waals surface area contributed by atoms with Gasteiger partial charge >= 0.3 is 0 Å². The Morgan fingerprint density at radius 3 is 2.65 bits per heavy atom. The average Bonchev–Trinajstić information content (AvgIpc) is 2.41. The first-order chi connectivity index (χ1) is 9.63. The fourth-order valence-corrected chi connectivity index (χ4v) is 2.45. The summed E-state index contributed by atoms with van der Waals surface area (Å²) in [5, 5.41) is 11.8. The number of rotatable bonds is 5. The number of carbonyl (C=O) groups is 1. The number of hydrogen-bond donors (Lipinski definition) is 2. The molecule has 5 heteroatoms. The molecule has 2 aromatic rings. The maximum Gasteiger partial charge on any atom is 0.225 e. The van der Waals surface area contributed by atoms with Crippen molar-refractivity contribution in [1.82, 2.24) is 0 Å². The molecule has 0 spiro atoms. The lowest BCUT2D eigenvalue weighted by Gasteiger charge is -2.05. The van der Waals surface area contributed by atoms with E-state index in [1.54, 1.807) is 36.4 Å². The van der Waals surface area contributed by atoms with Crippen LogP contribution in [0.1, 0.15) is 6.42 Å². The molecule has 1 amide bonds. The Balaban J connectivity index is 1.76. The van der Waals surface area contributed by atoms with Gasteiger partial charge in [0.25, 0.3) is 0 Å². The molecule has 0 heterocycles. The van der Waals surface area contributed by atoms with Gasteiger partial charge in [0.1, 0.15) is 11.6 Å². The third kappa shape index (κ3) is 4.59. The van der Waals surface area contributed by atoms with Gasteiger partial charge < -0.3 is 10.4 Å². The van der Waals surface area contributed by atoms with Gasteiger partial charge in [-0.15, -0.1) is 11.8 Å². The fourth-order valence-electron chi connectivity index (χ4n) is 1.59. The summed E-state index contributed by atoms with van der Waals surface area (Å²) in [5.41, 5.74) is 0.463. The van der Waals surface area contributed by atoms with Crippen molar-refractivity contribution in [1.29, 1.82) is 0 Å². The molecule has 0 aromatic heterocycles. The molecule has 0 saturated carbocycles. The highest BCUT2D eigenvalue weighted by molar-refractivity contribution is 7.99. The summed E-state index contributed by atoms with van der Waals surface area (Å²) >= 11 is 1.53. The monoisotopic (exact) mass is 291 g/mol. The molecule has 0 unspecified atom stereocenters. The van der Waals surface area contributed by atoms with Crippen LogP contribution in [-0.2, 0) is 4.79 Å². The van der Waals surface area contributed by atoms with Gasteiger partial charge in [-0.25, -0.2) is 4.39 Å². The number of phenols is 1. The molecule has 0 radical (unpaired) electrons. The molecule has 2 aromatic carbocycles. The van der Waals surface area contributed by atoms with Gasteiger partial charge in [-0.3, -0.25) is 4.79 Å². The van der Waals surface area contributed by atoms with Gasteiger partial charge in [0.05, 0.1) is 0 Å². The van der Waals surface area contributed by atoms with E-state index in [1.165, 1.54) is 23.9 Å². The molecule has 3 nitrogen and oxygen atoms in total. The predicted octanol–water partition coefficient (Wildman–Crippen LogP) is 3.65. The topological polar surface area (TPSA) is 49.3 Å². The van der Waals surface area contributed by atoms with E-state index in [1.807, 2.05) is 0 Å². The average molecular weight is 291 g/mol. The lowest BCUT2D eigenvalue weighted by atomic mass is 10.3. The van der Waals surface area contributed by atoms with Crippen LogP contribution in [0.5, 0.6) is 5.75 Å². The van der Waals surface area contributed by atoms with Crippen LogP contribution in [0.15, 0.2) is 53.4 Å². The van der Waals surface area contributed by atoms with Crippen molar-refractivity contribution in [3.8, 4) is 5.75 Å². The third-order valence-corrected chi connectivity index (χ3v) is 3.56. The van der Waals surface area contributed by atoms with Gasteiger partial charge in [0.15, 0.2) is 0 Å². The number of aromatic hydroxyl groups is 1. The van der Waals surface area contributed by atoms with E-state index in [0.29, 0.717) is 17.9 Å². The summed E-state index contributed by atoms with van der Waals surface area (Å²) in [6, 6.07) is 12.6. The first kappa shape index (κ1) is 14.4. The number of anilines is 1. The zero-order valence-corrected chi connectivity index (χ0v) is 11.5. The Morgan fingerprint density at radius 1 is 1.20 bits per heavy atom. The SMILES string of the molecule is O=C(CCSc1ccc(O)cc1)Nc1cccc(F)c1. The van der Waals surface area contributed by atoms with E-state index in [2.05, 4.69) is 5.32 Å². The Labute approximate surface area is 120 Å². The van der Waals surface area contributed by atoms with Crippen molar-refractivity contribution in [2.45, 2.75) is 11.3 Å². The quantitative estimate of drug-likeness (QED) is 0.827. The number of phenolic OH excluding ortho intramolecular Hbond substituents is 1. The Morgan fingerprint density at radius 2 is 1.95 bits per heavy atom. The molecule has 20 heavy (non-hydrogen) atoms. The van der Waals surface area contributed by atoms with Crippen LogP contribution in [0.25, 0.3) is 0 Å². The predicted molar refractivity (Wildman–Crippen MR) is 78.5 cm³/mol. The van der Waals surface area contributed by atoms with Crippen LogP contribution in [0.4, 0.5) is 10.1 Å². The molecule has 2 N–H and O–H groups in total. The zero-order chi connectivity index (χ0) is 14.4. The van der Waals surface area contributed by atoms with E-state index in [0.717, 1.165) is 4.90 Å². The molecule has 0 aliphatic heterocycles. The highest BCUT2D eigenvalue weighted by Gasteiger charge is 2.04. The standard InChI is InChI=1S/C15H14FNO2S/c16-11-2-1-3-12(10-11)17-15(19)8-9-20-14-6-4-13(18)5-7-14/h1-7,10,18H,8-9H2,(H,17,19). The Hall–Kier alpha value is -2.01. The molecule has 104 valence electrons. The maximum absolute atomic E-state index is 12.9. The molecule has 0 fully saturated rings. The van der Waals surface area contributed by atoms with Crippen LogP contribution >= 0.6 is 11.8 Å². The largest absolute Gasteiger partial charge is 0.508 e. The minimum absolute atomic E-state index is 0.151. The van der Waals surface area contributed by atoms with Crippen LogP contribution < -0.4 is 5.32 Å². The highest BCUT2D eigenvalue weighted by Crippen LogP contribution is 2.21. The second-order valence-corrected chi connectivity index (χ2v) is 5.32. The summed E-state index contributed by atoms with van der Waals surface area (Å²) in [7, 11) is 0. The number of hydrogen-bond acceptors (Lipinski definition) is 3. The van der Waals surface area contributed by atoms with E-state index >= 15 is 0 Å². The lowest BCUT2D eigenvalue weighted by Crippen LogP contribution is -2.12. The number of amides is 1. The number of carbonyl (C=O) groups excluding carboxylic acids is 1. The summed E-state index contributed by atoms with van der Waals surface area (Å²) < 4.78 is 12.9. The molecule has 2 rings (SSSR count). The van der Waals surface area contributed by atoms with Crippen LogP contribution in [0.2, 0.25) is 0 Å². The number of halogens is 1. The Kier molecular flexibility index (Phi) is 5.01. The molecule has 0 saturated heterocycles. The molecular weight excluding hydrogens is 277 g/mol. The first-order valence-corrected chi connectivity index (χ1v) is 7.09. The van der Waals surface area contributed by atoms with E-state index < -0.39 is 0 Å². The second kappa shape index (κ2) is 6.96. The van der Waals surface area contributed by atoms with Gasteiger partial charge in [0.2, 0.25) is 5.91 Å². The molecule has 0 aliphatic carbocycles. The van der Waals surface area contributed by atoms with Crippen LogP contribution in [0.3, 0.4) is 0 Å². The molecular formula is C15H14FNO2S. The summed E-state index contributed by atoms with van der Waals surface area (Å²) in [4.78, 5) is 12.7. The molecule has 0 bridgehead atoms. The summed E-state index contributed by atoms with van der Waals surface area (Å²) in [6.07, 6.45) is 0.335. The highest BCUT2D eigenvalue weighted by atomic mass is 32.2. The van der Waals surface area contributed by atoms with Gasteiger partial charge in [-0.2, -0.15) is 0 Å². The zero-order valence-electron chi connectivity index (χ0n) is 10.7. The Bertz CT molecular complexity index is 587. The van der Waals surface area contributed by atoms with Gasteiger partial charge in [-0.1, -0.05) is 6.07 Å². The van der Waals surface area contributed by atoms with Crippen molar-refractivity contribution in [2.24, 2.45) is 0 Å². The normalized spacial score (nSPS) is 10.2. The van der Waals surface area contributed by atoms with Crippen molar-refractivity contribution >= 4 is 23.4 Å². The number of benzene rings is 2. The van der Waals surface area contributed by atoms with E-state index in [4.69, 9.17) is 5.11 Å². The molecule has 0 atom stereocenters. The smallest absolute Gasteiger partial charge is 0.225 e. The van der Waals surface area contributed by atoms with Crippen LogP contribution in [-0.4, -0.2) is 16.8 Å². The third-order valence-electron chi connectivity index (χ3n) is 2.54. The summed E-state index contributed by atoms with van der Waals surface area (Å²) in [5.74, 6) is 0.313. The van der Waals surface area contributed by atoms with E-state index in [9.17, 15) is 9.18 Å². The number of nitrogens with one attached hydrogen (secondary N) is 1. The van der Waals surface area contributed by atoms with Crippen molar-refractivity contribution < 1.29 is 14.3 Å². The van der Waals surface area contributed by atoms with Gasteiger partial charge in [0, 0.05) is 22.8 Å². The van der Waals surface area contributed by atoms with Crippen molar-refractivity contribution in [2.75, 3.05) is 11.1 Å². The lowest BCUT2D eigenvalue weighted by molar-refractivity contribution is -0.115. The minimum Gasteiger partial charge on any atom is -0.508 e. The minimum atomic E-state index is -0.374. The van der Waals surface area contributed by atoms with Crippen molar-refractivity contribution in [3.05, 3.63) is 54.3 Å². The van der Waals surface area contributed by atoms with E-state index in [-0.39, 0.29) is 17.5 Å². The first-order valence-electron chi connectivity index (χ1n) is 6.11. The maximum atomic E-state index is 12.9. The molecule has 0 aliphatic rings. The second-order valence-electron chi connectivity index (χ2n) is 4.15. The van der Waals surface area contributed by atoms with Gasteiger partial charge in [-0.05, 0) is 42.5 Å². The fraction of sp³-hybridized carbons (Fsp3) is 0.133. The number of thioether (sulfide) groups is 1. The van der Waals surface area contributed by atoms with Crippen molar-refractivity contribution in [3.63, 3.8) is 0 Å². The summed E-state index contributed by atoms with van der Waals surface area (Å²) in [6.45, 7) is 0.